The predicted octanol–water partition coefficient (Wildman–Crippen LogP) is 2.88. The lowest BCUT2D eigenvalue weighted by atomic mass is 9.65. The monoisotopic (exact) mass is 292 g/mol. The molecule has 1 aromatic rings. The molecule has 1 nitrogen and oxygen atoms in total. The van der Waals surface area contributed by atoms with Gasteiger partial charge in [-0.05, 0) is 11.5 Å². The lowest BCUT2D eigenvalue weighted by Gasteiger charge is -2.51. The van der Waals surface area contributed by atoms with Crippen LogP contribution in [0.5, 0.6) is 0 Å². The lowest BCUT2D eigenvalue weighted by molar-refractivity contribution is -0.748. The summed E-state index contributed by atoms with van der Waals surface area (Å²) in [5, 5.41) is 2.54. The summed E-state index contributed by atoms with van der Waals surface area (Å²) in [6, 6.07) is 10.2. The Morgan fingerprint density at radius 2 is 2.29 bits per heavy atom. The van der Waals surface area contributed by atoms with Crippen molar-refractivity contribution in [2.75, 3.05) is 0 Å². The Morgan fingerprint density at radius 3 is 3.06 bits per heavy atom. The molecule has 2 aliphatic heterocycles. The van der Waals surface area contributed by atoms with Crippen molar-refractivity contribution in [3.8, 4) is 0 Å². The second-order valence-corrected chi connectivity index (χ2v) is 6.73. The lowest BCUT2D eigenvalue weighted by Crippen LogP contribution is -2.98. The van der Waals surface area contributed by atoms with Gasteiger partial charge in [-0.2, -0.15) is 0 Å². The summed E-state index contributed by atoms with van der Waals surface area (Å²) in [4.78, 5) is 0. The van der Waals surface area contributed by atoms with Crippen LogP contribution in [0.1, 0.15) is 36.9 Å². The molecule has 1 aromatic carbocycles. The first kappa shape index (κ1) is 11.5. The van der Waals surface area contributed by atoms with Crippen molar-refractivity contribution in [3.05, 3.63) is 48.0 Å². The molecule has 0 amide bonds. The molecular weight excluding hydrogens is 274 g/mol. The molecule has 0 aromatic heterocycles. The Kier molecular flexibility index (Phi) is 2.68. The van der Waals surface area contributed by atoms with Crippen LogP contribution >= 0.6 is 15.9 Å². The van der Waals surface area contributed by atoms with Gasteiger partial charge in [-0.15, -0.1) is 6.58 Å². The van der Waals surface area contributed by atoms with Crippen LogP contribution in [0.15, 0.2) is 36.9 Å². The Labute approximate surface area is 111 Å². The van der Waals surface area contributed by atoms with Crippen molar-refractivity contribution >= 4 is 15.9 Å². The van der Waals surface area contributed by atoms with Gasteiger partial charge in [0.25, 0.3) is 0 Å². The molecule has 2 heteroatoms. The van der Waals surface area contributed by atoms with Crippen LogP contribution in [0.2, 0.25) is 0 Å². The topological polar surface area (TPSA) is 16.6 Å². The minimum Gasteiger partial charge on any atom is -0.336 e. The fourth-order valence-electron chi connectivity index (χ4n) is 3.71. The number of quaternary nitrogens is 1. The highest BCUT2D eigenvalue weighted by atomic mass is 79.9. The third kappa shape index (κ3) is 1.47. The molecule has 4 rings (SSSR count). The van der Waals surface area contributed by atoms with E-state index in [4.69, 9.17) is 0 Å². The molecule has 3 aliphatic rings. The van der Waals surface area contributed by atoms with Gasteiger partial charge in [-0.1, -0.05) is 53.2 Å². The van der Waals surface area contributed by atoms with Gasteiger partial charge < -0.3 is 5.32 Å². The van der Waals surface area contributed by atoms with E-state index < -0.39 is 0 Å². The van der Waals surface area contributed by atoms with Gasteiger partial charge in [-0.25, -0.2) is 0 Å². The first-order chi connectivity index (χ1) is 8.17. The number of rotatable bonds is 2. The van der Waals surface area contributed by atoms with Gasteiger partial charge in [0, 0.05) is 18.4 Å². The largest absolute Gasteiger partial charge is 0.336 e. The van der Waals surface area contributed by atoms with Crippen LogP contribution in [0.4, 0.5) is 0 Å². The third-order valence-electron chi connectivity index (χ3n) is 4.52. The van der Waals surface area contributed by atoms with Crippen molar-refractivity contribution in [1.29, 1.82) is 0 Å². The highest BCUT2D eigenvalue weighted by Crippen LogP contribution is 2.53. The van der Waals surface area contributed by atoms with E-state index in [0.29, 0.717) is 18.0 Å². The number of hydrogen-bond acceptors (Lipinski definition) is 0. The molecule has 0 radical (unpaired) electrons. The molecule has 2 N–H and O–H groups in total. The number of hydrogen-bond donors (Lipinski definition) is 1. The molecule has 1 aliphatic carbocycles. The Hall–Kier alpha value is -0.600. The summed E-state index contributed by atoms with van der Waals surface area (Å²) < 4.78 is 0.131. The maximum atomic E-state index is 4.09. The first-order valence-corrected chi connectivity index (χ1v) is 7.21. The molecule has 2 bridgehead atoms. The average Bonchev–Trinajstić information content (AvgIpc) is 2.34. The zero-order chi connectivity index (χ0) is 12.0. The van der Waals surface area contributed by atoms with Gasteiger partial charge in [0.2, 0.25) is 0 Å². The Morgan fingerprint density at radius 1 is 1.53 bits per heavy atom. The Bertz CT molecular complexity index is 456. The fourth-order valence-corrected chi connectivity index (χ4v) is 4.60. The fraction of sp³-hybridized carbons (Fsp3) is 0.467. The smallest absolute Gasteiger partial charge is 0.112 e. The van der Waals surface area contributed by atoms with E-state index in [1.54, 1.807) is 0 Å². The van der Waals surface area contributed by atoms with Crippen LogP contribution in [-0.2, 0) is 4.32 Å². The third-order valence-corrected chi connectivity index (χ3v) is 6.32. The quantitative estimate of drug-likeness (QED) is 0.638. The van der Waals surface area contributed by atoms with E-state index in [0.717, 1.165) is 6.42 Å². The van der Waals surface area contributed by atoms with Gasteiger partial charge in [0.15, 0.2) is 0 Å². The summed E-state index contributed by atoms with van der Waals surface area (Å²) in [6.45, 7) is 6.29. The molecule has 17 heavy (non-hydrogen) atoms. The van der Waals surface area contributed by atoms with Crippen molar-refractivity contribution in [2.45, 2.75) is 36.2 Å². The summed E-state index contributed by atoms with van der Waals surface area (Å²) in [7, 11) is 0. The number of fused-ring (bicyclic) bond motifs is 2. The average molecular weight is 293 g/mol. The zero-order valence-corrected chi connectivity index (χ0v) is 11.8. The summed E-state index contributed by atoms with van der Waals surface area (Å²) >= 11 is 4.09. The predicted molar refractivity (Wildman–Crippen MR) is 74.1 cm³/mol. The Balaban J connectivity index is 2.15. The molecule has 0 saturated carbocycles. The second kappa shape index (κ2) is 3.96. The second-order valence-electron chi connectivity index (χ2n) is 5.42. The summed E-state index contributed by atoms with van der Waals surface area (Å²) in [5.74, 6) is 0.692. The van der Waals surface area contributed by atoms with Crippen LogP contribution in [0.3, 0.4) is 0 Å². The van der Waals surface area contributed by atoms with E-state index >= 15 is 0 Å². The summed E-state index contributed by atoms with van der Waals surface area (Å²) in [5.41, 5.74) is 3.04. The van der Waals surface area contributed by atoms with Crippen LogP contribution in [-0.4, -0.2) is 6.04 Å². The van der Waals surface area contributed by atoms with Crippen molar-refractivity contribution in [3.63, 3.8) is 0 Å². The SMILES string of the molecule is C=CC[C@@H]1[NH2+][C@H]2CC(C)[C@]1(Br)c1ccccc12. The molecule has 1 fully saturated rings. The van der Waals surface area contributed by atoms with E-state index in [2.05, 4.69) is 65.1 Å². The van der Waals surface area contributed by atoms with E-state index in [9.17, 15) is 0 Å². The number of halogens is 1. The van der Waals surface area contributed by atoms with Crippen molar-refractivity contribution < 1.29 is 5.32 Å². The van der Waals surface area contributed by atoms with Gasteiger partial charge in [0.05, 0.1) is 0 Å². The van der Waals surface area contributed by atoms with Gasteiger partial charge in [0.1, 0.15) is 16.4 Å². The summed E-state index contributed by atoms with van der Waals surface area (Å²) in [6.07, 6.45) is 4.40. The number of piperidine rings is 1. The molecular formula is C15H19BrN+. The minimum atomic E-state index is 0.131. The zero-order valence-electron chi connectivity index (χ0n) is 10.2. The maximum Gasteiger partial charge on any atom is 0.112 e. The standard InChI is InChI=1S/C15H18BrN/c1-3-6-14-15(16)10(2)9-13(17-14)11-7-4-5-8-12(11)15/h3-5,7-8,10,13-14,17H,1,6,9H2,2H3/p+1/t10?,13-,14-,15-/m0/s1. The molecule has 1 saturated heterocycles. The highest BCUT2D eigenvalue weighted by Gasteiger charge is 2.56. The van der Waals surface area contributed by atoms with E-state index in [1.807, 2.05) is 0 Å². The highest BCUT2D eigenvalue weighted by molar-refractivity contribution is 9.09. The maximum absolute atomic E-state index is 4.09. The molecule has 4 atom stereocenters. The van der Waals surface area contributed by atoms with E-state index in [1.165, 1.54) is 17.5 Å². The number of benzene rings is 1. The van der Waals surface area contributed by atoms with Crippen molar-refractivity contribution in [2.24, 2.45) is 5.92 Å². The van der Waals surface area contributed by atoms with Crippen LogP contribution in [0.25, 0.3) is 0 Å². The van der Waals surface area contributed by atoms with Crippen molar-refractivity contribution in [1.82, 2.24) is 0 Å². The van der Waals surface area contributed by atoms with Gasteiger partial charge in [-0.3, -0.25) is 0 Å². The minimum absolute atomic E-state index is 0.131. The molecule has 0 spiro atoms. The normalized spacial score (nSPS) is 38.8. The number of nitrogens with two attached hydrogens (primary N) is 1. The molecule has 90 valence electrons. The van der Waals surface area contributed by atoms with Crippen LogP contribution in [0, 0.1) is 5.92 Å². The molecule has 1 unspecified atom stereocenters. The first-order valence-electron chi connectivity index (χ1n) is 6.42. The van der Waals surface area contributed by atoms with Gasteiger partial charge >= 0.3 is 0 Å². The number of alkyl halides is 1. The van der Waals surface area contributed by atoms with Crippen LogP contribution < -0.4 is 5.32 Å². The molecule has 2 heterocycles. The van der Waals surface area contributed by atoms with E-state index in [-0.39, 0.29) is 4.32 Å².